The summed E-state index contributed by atoms with van der Waals surface area (Å²) in [6, 6.07) is 14.0. The van der Waals surface area contributed by atoms with Crippen molar-refractivity contribution in [2.24, 2.45) is 0 Å². The Kier molecular flexibility index (Phi) is 5.98. The van der Waals surface area contributed by atoms with Crippen molar-refractivity contribution in [1.29, 1.82) is 0 Å². The largest absolute Gasteiger partial charge is 0.394 e. The molecule has 0 saturated carbocycles. The van der Waals surface area contributed by atoms with Crippen LogP contribution in [0.5, 0.6) is 0 Å². The lowest BCUT2D eigenvalue weighted by Crippen LogP contribution is -2.25. The first kappa shape index (κ1) is 18.9. The van der Waals surface area contributed by atoms with Crippen LogP contribution in [-0.4, -0.2) is 21.5 Å². The Labute approximate surface area is 168 Å². The van der Waals surface area contributed by atoms with Crippen molar-refractivity contribution < 1.29 is 5.11 Å². The van der Waals surface area contributed by atoms with Crippen LogP contribution in [0.1, 0.15) is 11.6 Å². The first-order valence-electron chi connectivity index (χ1n) is 7.67. The number of aliphatic hydroxyl groups excluding tert-OH is 1. The Hall–Kier alpha value is -1.86. The zero-order valence-electron chi connectivity index (χ0n) is 13.4. The second-order valence-electron chi connectivity index (χ2n) is 5.45. The van der Waals surface area contributed by atoms with E-state index in [1.807, 2.05) is 30.3 Å². The van der Waals surface area contributed by atoms with E-state index in [4.69, 9.17) is 23.2 Å². The van der Waals surface area contributed by atoms with E-state index in [0.717, 1.165) is 10.2 Å². The zero-order chi connectivity index (χ0) is 18.7. The SMILES string of the molecule is O=c1c(Br)c(N[C@@H](CO)c2ccccc2)cnn1-c1c(Cl)cccc1Cl. The van der Waals surface area contributed by atoms with Gasteiger partial charge in [-0.25, -0.2) is 0 Å². The van der Waals surface area contributed by atoms with Gasteiger partial charge in [-0.05, 0) is 33.6 Å². The highest BCUT2D eigenvalue weighted by Crippen LogP contribution is 2.28. The third kappa shape index (κ3) is 3.78. The third-order valence-corrected chi connectivity index (χ3v) is 5.16. The molecule has 0 aliphatic rings. The zero-order valence-corrected chi connectivity index (χ0v) is 16.5. The van der Waals surface area contributed by atoms with Crippen LogP contribution in [0.25, 0.3) is 5.69 Å². The molecular formula is C18H14BrCl2N3O2. The highest BCUT2D eigenvalue weighted by Gasteiger charge is 2.17. The molecule has 8 heteroatoms. The minimum absolute atomic E-state index is 0.143. The molecule has 0 unspecified atom stereocenters. The molecule has 1 heterocycles. The van der Waals surface area contributed by atoms with E-state index in [9.17, 15) is 9.90 Å². The number of hydrogen-bond acceptors (Lipinski definition) is 4. The number of aromatic nitrogens is 2. The number of para-hydroxylation sites is 1. The standard InChI is InChI=1S/C18H14BrCl2N3O2/c19-16-14(23-15(10-25)11-5-2-1-3-6-11)9-22-24(18(16)26)17-12(20)7-4-8-13(17)21/h1-9,15,23,25H,10H2/t15-/m0/s1. The van der Waals surface area contributed by atoms with E-state index < -0.39 is 5.56 Å². The molecule has 26 heavy (non-hydrogen) atoms. The van der Waals surface area contributed by atoms with E-state index in [1.165, 1.54) is 6.20 Å². The number of nitrogens with zero attached hydrogens (tertiary/aromatic N) is 2. The molecule has 3 aromatic rings. The number of benzene rings is 2. The lowest BCUT2D eigenvalue weighted by molar-refractivity contribution is 0.276. The van der Waals surface area contributed by atoms with Gasteiger partial charge in [0.05, 0.1) is 34.6 Å². The van der Waals surface area contributed by atoms with E-state index >= 15 is 0 Å². The van der Waals surface area contributed by atoms with E-state index in [1.54, 1.807) is 18.2 Å². The van der Waals surface area contributed by atoms with Gasteiger partial charge in [0.25, 0.3) is 5.56 Å². The van der Waals surface area contributed by atoms with Gasteiger partial charge in [0.2, 0.25) is 0 Å². The second-order valence-corrected chi connectivity index (χ2v) is 7.06. The van der Waals surface area contributed by atoms with Crippen LogP contribution in [0.4, 0.5) is 5.69 Å². The highest BCUT2D eigenvalue weighted by molar-refractivity contribution is 9.10. The molecule has 1 atom stereocenters. The van der Waals surface area contributed by atoms with E-state index in [-0.39, 0.29) is 17.1 Å². The first-order valence-corrected chi connectivity index (χ1v) is 9.22. The summed E-state index contributed by atoms with van der Waals surface area (Å²) in [5.41, 5.74) is 1.24. The maximum absolute atomic E-state index is 12.7. The quantitative estimate of drug-likeness (QED) is 0.597. The summed E-state index contributed by atoms with van der Waals surface area (Å²) >= 11 is 15.6. The Morgan fingerprint density at radius 2 is 1.77 bits per heavy atom. The first-order chi connectivity index (χ1) is 12.5. The Morgan fingerprint density at radius 3 is 2.38 bits per heavy atom. The van der Waals surface area contributed by atoms with Gasteiger partial charge >= 0.3 is 0 Å². The number of halogens is 3. The van der Waals surface area contributed by atoms with Crippen molar-refractivity contribution in [3.05, 3.63) is 85.2 Å². The Morgan fingerprint density at radius 1 is 1.12 bits per heavy atom. The summed E-state index contributed by atoms with van der Waals surface area (Å²) in [6.45, 7) is -0.143. The minimum Gasteiger partial charge on any atom is -0.394 e. The van der Waals surface area contributed by atoms with Gasteiger partial charge in [0.15, 0.2) is 0 Å². The number of aliphatic hydroxyl groups is 1. The molecule has 0 aliphatic heterocycles. The van der Waals surface area contributed by atoms with Crippen LogP contribution < -0.4 is 10.9 Å². The molecule has 0 fully saturated rings. The Balaban J connectivity index is 1.99. The average molecular weight is 455 g/mol. The van der Waals surface area contributed by atoms with Gasteiger partial charge in [0.1, 0.15) is 10.2 Å². The molecule has 0 spiro atoms. The molecule has 134 valence electrons. The molecule has 3 rings (SSSR count). The van der Waals surface area contributed by atoms with Gasteiger partial charge in [-0.3, -0.25) is 4.79 Å². The van der Waals surface area contributed by atoms with Crippen LogP contribution in [0.3, 0.4) is 0 Å². The fraction of sp³-hybridized carbons (Fsp3) is 0.111. The van der Waals surface area contributed by atoms with Crippen LogP contribution in [0.15, 0.2) is 64.0 Å². The van der Waals surface area contributed by atoms with Gasteiger partial charge in [0, 0.05) is 0 Å². The predicted octanol–water partition coefficient (Wildman–Crippen LogP) is 4.45. The molecule has 2 aromatic carbocycles. The molecule has 0 aliphatic carbocycles. The van der Waals surface area contributed by atoms with Crippen molar-refractivity contribution >= 4 is 44.8 Å². The highest BCUT2D eigenvalue weighted by atomic mass is 79.9. The number of rotatable bonds is 5. The van der Waals surface area contributed by atoms with Crippen LogP contribution in [0.2, 0.25) is 10.0 Å². The molecule has 1 aromatic heterocycles. The molecule has 5 nitrogen and oxygen atoms in total. The fourth-order valence-electron chi connectivity index (χ4n) is 2.49. The van der Waals surface area contributed by atoms with Crippen molar-refractivity contribution in [3.8, 4) is 5.69 Å². The normalized spacial score (nSPS) is 12.0. The number of anilines is 1. The predicted molar refractivity (Wildman–Crippen MR) is 107 cm³/mol. The maximum Gasteiger partial charge on any atom is 0.288 e. The van der Waals surface area contributed by atoms with Crippen molar-refractivity contribution in [3.63, 3.8) is 0 Å². The lowest BCUT2D eigenvalue weighted by atomic mass is 10.1. The van der Waals surface area contributed by atoms with Gasteiger partial charge < -0.3 is 10.4 Å². The molecule has 0 radical (unpaired) electrons. The summed E-state index contributed by atoms with van der Waals surface area (Å²) in [5.74, 6) is 0. The summed E-state index contributed by atoms with van der Waals surface area (Å²) in [5, 5.41) is 17.6. The molecule has 0 saturated heterocycles. The average Bonchev–Trinajstić information content (AvgIpc) is 2.65. The monoisotopic (exact) mass is 453 g/mol. The maximum atomic E-state index is 12.7. The number of nitrogens with one attached hydrogen (secondary N) is 1. The Bertz CT molecular complexity index is 960. The van der Waals surface area contributed by atoms with Gasteiger partial charge in [-0.2, -0.15) is 9.78 Å². The molecular weight excluding hydrogens is 441 g/mol. The molecule has 0 bridgehead atoms. The smallest absolute Gasteiger partial charge is 0.288 e. The fourth-order valence-corrected chi connectivity index (χ4v) is 3.43. The van der Waals surface area contributed by atoms with Gasteiger partial charge in [-0.1, -0.05) is 59.6 Å². The molecule has 2 N–H and O–H groups in total. The topological polar surface area (TPSA) is 67.2 Å². The summed E-state index contributed by atoms with van der Waals surface area (Å²) in [4.78, 5) is 12.7. The van der Waals surface area contributed by atoms with Crippen molar-refractivity contribution in [1.82, 2.24) is 9.78 Å². The van der Waals surface area contributed by atoms with E-state index in [0.29, 0.717) is 21.4 Å². The molecule has 0 amide bonds. The van der Waals surface area contributed by atoms with Gasteiger partial charge in [-0.15, -0.1) is 0 Å². The number of hydrogen-bond donors (Lipinski definition) is 2. The second kappa shape index (κ2) is 8.22. The van der Waals surface area contributed by atoms with Crippen LogP contribution >= 0.6 is 39.1 Å². The van der Waals surface area contributed by atoms with Crippen molar-refractivity contribution in [2.75, 3.05) is 11.9 Å². The minimum atomic E-state index is -0.422. The summed E-state index contributed by atoms with van der Waals surface area (Å²) in [6.07, 6.45) is 1.48. The lowest BCUT2D eigenvalue weighted by Gasteiger charge is -2.19. The van der Waals surface area contributed by atoms with Crippen molar-refractivity contribution in [2.45, 2.75) is 6.04 Å². The van der Waals surface area contributed by atoms with Crippen LogP contribution in [-0.2, 0) is 0 Å². The third-order valence-electron chi connectivity index (χ3n) is 3.78. The van der Waals surface area contributed by atoms with Crippen LogP contribution in [0, 0.1) is 0 Å². The van der Waals surface area contributed by atoms with E-state index in [2.05, 4.69) is 26.3 Å². The summed E-state index contributed by atoms with van der Waals surface area (Å²) in [7, 11) is 0. The summed E-state index contributed by atoms with van der Waals surface area (Å²) < 4.78 is 1.40.